The molecule has 0 saturated heterocycles. The van der Waals surface area contributed by atoms with E-state index < -0.39 is 10.0 Å². The lowest BCUT2D eigenvalue weighted by Crippen LogP contribution is -2.30. The molecule has 0 spiro atoms. The van der Waals surface area contributed by atoms with Crippen molar-refractivity contribution in [1.29, 1.82) is 0 Å². The second kappa shape index (κ2) is 6.33. The Balaban J connectivity index is 2.28. The maximum Gasteiger partial charge on any atom is 0.245 e. The highest BCUT2D eigenvalue weighted by molar-refractivity contribution is 7.89. The van der Waals surface area contributed by atoms with Crippen LogP contribution in [0.4, 0.5) is 0 Å². The van der Waals surface area contributed by atoms with Crippen LogP contribution >= 0.6 is 12.2 Å². The molecule has 0 aliphatic heterocycles. The van der Waals surface area contributed by atoms with Crippen LogP contribution in [0, 0.1) is 0 Å². The smallest absolute Gasteiger partial charge is 0.245 e. The standard InChI is InChI=1S/C13H15N3O3S2/c1-2-16(9-10-4-3-7-19-10)21(17,18)11-5-6-12(13(14)20)15-8-11/h3-8H,2,9H2,1H3,(H2,14,20). The van der Waals surface area contributed by atoms with E-state index >= 15 is 0 Å². The van der Waals surface area contributed by atoms with Crippen molar-refractivity contribution in [2.24, 2.45) is 5.73 Å². The van der Waals surface area contributed by atoms with Gasteiger partial charge in [0, 0.05) is 12.7 Å². The first kappa shape index (κ1) is 15.6. The Kier molecular flexibility index (Phi) is 4.71. The second-order valence-corrected chi connectivity index (χ2v) is 6.63. The Hall–Kier alpha value is -1.77. The highest BCUT2D eigenvalue weighted by Gasteiger charge is 2.24. The van der Waals surface area contributed by atoms with Gasteiger partial charge >= 0.3 is 0 Å². The molecule has 0 fully saturated rings. The summed E-state index contributed by atoms with van der Waals surface area (Å²) >= 11 is 4.79. The summed E-state index contributed by atoms with van der Waals surface area (Å²) in [5, 5.41) is 0. The SMILES string of the molecule is CCN(Cc1ccco1)S(=O)(=O)c1ccc(C(N)=S)nc1. The maximum absolute atomic E-state index is 12.6. The highest BCUT2D eigenvalue weighted by Crippen LogP contribution is 2.18. The average Bonchev–Trinajstić information content (AvgIpc) is 2.97. The van der Waals surface area contributed by atoms with Gasteiger partial charge < -0.3 is 10.2 Å². The van der Waals surface area contributed by atoms with Crippen molar-refractivity contribution in [3.63, 3.8) is 0 Å². The van der Waals surface area contributed by atoms with Gasteiger partial charge in [-0.15, -0.1) is 0 Å². The van der Waals surface area contributed by atoms with Crippen LogP contribution in [0.1, 0.15) is 18.4 Å². The fraction of sp³-hybridized carbons (Fsp3) is 0.231. The minimum Gasteiger partial charge on any atom is -0.468 e. The van der Waals surface area contributed by atoms with E-state index in [1.807, 2.05) is 0 Å². The molecule has 2 rings (SSSR count). The normalized spacial score (nSPS) is 11.7. The molecule has 0 atom stereocenters. The molecule has 0 amide bonds. The van der Waals surface area contributed by atoms with Crippen LogP contribution in [-0.4, -0.2) is 29.2 Å². The van der Waals surface area contributed by atoms with E-state index in [1.165, 1.54) is 28.9 Å². The third-order valence-corrected chi connectivity index (χ3v) is 5.01. The molecule has 2 aromatic rings. The van der Waals surface area contributed by atoms with Crippen molar-refractivity contribution >= 4 is 27.2 Å². The molecule has 0 saturated carbocycles. The number of sulfonamides is 1. The van der Waals surface area contributed by atoms with Crippen LogP contribution in [0.3, 0.4) is 0 Å². The number of hydrogen-bond acceptors (Lipinski definition) is 5. The molecule has 0 bridgehead atoms. The lowest BCUT2D eigenvalue weighted by Gasteiger charge is -2.19. The van der Waals surface area contributed by atoms with Crippen LogP contribution in [0.15, 0.2) is 46.0 Å². The van der Waals surface area contributed by atoms with E-state index in [-0.39, 0.29) is 16.4 Å². The van der Waals surface area contributed by atoms with Crippen molar-refractivity contribution in [3.05, 3.63) is 48.2 Å². The van der Waals surface area contributed by atoms with Crippen molar-refractivity contribution in [3.8, 4) is 0 Å². The molecule has 2 aromatic heterocycles. The van der Waals surface area contributed by atoms with Crippen LogP contribution in [0.5, 0.6) is 0 Å². The van der Waals surface area contributed by atoms with Gasteiger partial charge in [0.1, 0.15) is 15.6 Å². The lowest BCUT2D eigenvalue weighted by molar-refractivity contribution is 0.375. The molecule has 0 unspecified atom stereocenters. The summed E-state index contributed by atoms with van der Waals surface area (Å²) in [5.41, 5.74) is 5.83. The molecule has 0 aliphatic rings. The molecule has 2 heterocycles. The summed E-state index contributed by atoms with van der Waals surface area (Å²) in [6.07, 6.45) is 2.77. The largest absolute Gasteiger partial charge is 0.468 e. The average molecular weight is 325 g/mol. The summed E-state index contributed by atoms with van der Waals surface area (Å²) < 4.78 is 31.6. The molecule has 6 nitrogen and oxygen atoms in total. The number of furan rings is 1. The Labute approximate surface area is 128 Å². The molecule has 21 heavy (non-hydrogen) atoms. The zero-order chi connectivity index (χ0) is 15.5. The van der Waals surface area contributed by atoms with Gasteiger partial charge in [-0.3, -0.25) is 4.98 Å². The predicted molar refractivity (Wildman–Crippen MR) is 82.1 cm³/mol. The molecule has 112 valence electrons. The van der Waals surface area contributed by atoms with Crippen LogP contribution in [0.2, 0.25) is 0 Å². The summed E-state index contributed by atoms with van der Waals surface area (Å²) in [7, 11) is -3.64. The molecule has 0 aliphatic carbocycles. The van der Waals surface area contributed by atoms with E-state index in [4.69, 9.17) is 22.4 Å². The Morgan fingerprint density at radius 2 is 2.19 bits per heavy atom. The summed E-state index contributed by atoms with van der Waals surface area (Å²) in [5.74, 6) is 0.577. The van der Waals surface area contributed by atoms with Gasteiger partial charge in [0.25, 0.3) is 0 Å². The Morgan fingerprint density at radius 1 is 1.43 bits per heavy atom. The number of hydrogen-bond donors (Lipinski definition) is 1. The predicted octanol–water partition coefficient (Wildman–Crippen LogP) is 1.52. The van der Waals surface area contributed by atoms with Gasteiger partial charge in [0.2, 0.25) is 10.0 Å². The number of thiocarbonyl (C=S) groups is 1. The van der Waals surface area contributed by atoms with Gasteiger partial charge in [0.15, 0.2) is 0 Å². The third-order valence-electron chi connectivity index (χ3n) is 2.89. The van der Waals surface area contributed by atoms with E-state index in [9.17, 15) is 8.42 Å². The topological polar surface area (TPSA) is 89.4 Å². The van der Waals surface area contributed by atoms with E-state index in [1.54, 1.807) is 19.1 Å². The van der Waals surface area contributed by atoms with Crippen LogP contribution in [0.25, 0.3) is 0 Å². The highest BCUT2D eigenvalue weighted by atomic mass is 32.2. The van der Waals surface area contributed by atoms with Crippen molar-refractivity contribution in [2.75, 3.05) is 6.54 Å². The number of nitrogens with two attached hydrogens (primary N) is 1. The second-order valence-electron chi connectivity index (χ2n) is 4.25. The zero-order valence-electron chi connectivity index (χ0n) is 11.4. The molecule has 0 aromatic carbocycles. The summed E-state index contributed by atoms with van der Waals surface area (Å²) in [4.78, 5) is 4.18. The number of nitrogens with zero attached hydrogens (tertiary/aromatic N) is 2. The van der Waals surface area contributed by atoms with Crippen molar-refractivity contribution < 1.29 is 12.8 Å². The maximum atomic E-state index is 12.6. The fourth-order valence-electron chi connectivity index (χ4n) is 1.77. The van der Waals surface area contributed by atoms with Crippen LogP contribution in [-0.2, 0) is 16.6 Å². The van der Waals surface area contributed by atoms with Crippen molar-refractivity contribution in [1.82, 2.24) is 9.29 Å². The van der Waals surface area contributed by atoms with Gasteiger partial charge in [0.05, 0.1) is 18.5 Å². The van der Waals surface area contributed by atoms with Gasteiger partial charge in [-0.1, -0.05) is 19.1 Å². The van der Waals surface area contributed by atoms with Gasteiger partial charge in [-0.2, -0.15) is 4.31 Å². The number of pyridine rings is 1. The zero-order valence-corrected chi connectivity index (χ0v) is 13.0. The van der Waals surface area contributed by atoms with Crippen molar-refractivity contribution in [2.45, 2.75) is 18.4 Å². The number of rotatable bonds is 6. The molecular weight excluding hydrogens is 310 g/mol. The van der Waals surface area contributed by atoms with E-state index in [2.05, 4.69) is 4.98 Å². The molecule has 0 radical (unpaired) electrons. The lowest BCUT2D eigenvalue weighted by atomic mass is 10.3. The van der Waals surface area contributed by atoms with E-state index in [0.717, 1.165) is 0 Å². The number of aromatic nitrogens is 1. The minimum absolute atomic E-state index is 0.0934. The molecule has 8 heteroatoms. The minimum atomic E-state index is -3.64. The third kappa shape index (κ3) is 3.46. The van der Waals surface area contributed by atoms with E-state index in [0.29, 0.717) is 18.0 Å². The monoisotopic (exact) mass is 325 g/mol. The summed E-state index contributed by atoms with van der Waals surface area (Å²) in [6, 6.07) is 6.39. The van der Waals surface area contributed by atoms with Gasteiger partial charge in [-0.05, 0) is 24.3 Å². The first-order valence-electron chi connectivity index (χ1n) is 6.23. The first-order valence-corrected chi connectivity index (χ1v) is 8.08. The fourth-order valence-corrected chi connectivity index (χ4v) is 3.25. The molecular formula is C13H15N3O3S2. The van der Waals surface area contributed by atoms with Gasteiger partial charge in [-0.25, -0.2) is 8.42 Å². The Bertz CT molecular complexity index is 710. The Morgan fingerprint density at radius 3 is 2.67 bits per heavy atom. The van der Waals surface area contributed by atoms with Crippen LogP contribution < -0.4 is 5.73 Å². The molecule has 2 N–H and O–H groups in total. The summed E-state index contributed by atoms with van der Waals surface area (Å²) in [6.45, 7) is 2.25. The quantitative estimate of drug-likeness (QED) is 0.810. The first-order chi connectivity index (χ1) is 9.95.